The number of hydrogen-bond donors (Lipinski definition) is 0. The molecule has 0 fully saturated rings. The minimum atomic E-state index is 0.409. The number of alkyl halides is 1. The van der Waals surface area contributed by atoms with Gasteiger partial charge in [-0.2, -0.15) is 0 Å². The average molecular weight is 283 g/mol. The van der Waals surface area contributed by atoms with Gasteiger partial charge in [0.05, 0.1) is 36.7 Å². The van der Waals surface area contributed by atoms with Crippen LogP contribution in [0.1, 0.15) is 11.4 Å². The molecule has 1 heterocycles. The van der Waals surface area contributed by atoms with E-state index in [1.807, 2.05) is 12.1 Å². The lowest BCUT2D eigenvalue weighted by molar-refractivity contribution is 0.0667. The number of ether oxygens (including phenoxy) is 2. The molecule has 19 heavy (non-hydrogen) atoms. The smallest absolute Gasteiger partial charge is 0.124 e. The summed E-state index contributed by atoms with van der Waals surface area (Å²) in [7, 11) is 1.67. The summed E-state index contributed by atoms with van der Waals surface area (Å²) in [6.07, 6.45) is 0. The zero-order chi connectivity index (χ0) is 13.7. The Kier molecular flexibility index (Phi) is 5.19. The Hall–Kier alpha value is -1.10. The van der Waals surface area contributed by atoms with E-state index >= 15 is 0 Å². The van der Waals surface area contributed by atoms with Crippen LogP contribution in [0.2, 0.25) is 0 Å². The third-order valence-corrected chi connectivity index (χ3v) is 3.30. The molecule has 1 aromatic heterocycles. The van der Waals surface area contributed by atoms with Gasteiger partial charge in [0.25, 0.3) is 0 Å². The number of halogens is 1. The Morgan fingerprint density at radius 1 is 1.26 bits per heavy atom. The van der Waals surface area contributed by atoms with Crippen molar-refractivity contribution in [1.29, 1.82) is 0 Å². The Morgan fingerprint density at radius 2 is 2.11 bits per heavy atom. The van der Waals surface area contributed by atoms with Crippen molar-refractivity contribution >= 4 is 22.6 Å². The molecule has 4 nitrogen and oxygen atoms in total. The van der Waals surface area contributed by atoms with Crippen LogP contribution in [0.25, 0.3) is 11.0 Å². The number of aromatic nitrogens is 2. The second-order valence-corrected chi connectivity index (χ2v) is 4.63. The molecule has 0 unspecified atom stereocenters. The van der Waals surface area contributed by atoms with Gasteiger partial charge in [-0.25, -0.2) is 4.98 Å². The molecule has 0 aliphatic rings. The van der Waals surface area contributed by atoms with Gasteiger partial charge in [-0.15, -0.1) is 11.6 Å². The summed E-state index contributed by atoms with van der Waals surface area (Å²) in [5, 5.41) is 0. The Balaban J connectivity index is 2.15. The van der Waals surface area contributed by atoms with Gasteiger partial charge in [-0.05, 0) is 18.6 Å². The van der Waals surface area contributed by atoms with E-state index in [1.54, 1.807) is 7.11 Å². The maximum absolute atomic E-state index is 5.97. The highest BCUT2D eigenvalue weighted by molar-refractivity contribution is 6.16. The summed E-state index contributed by atoms with van der Waals surface area (Å²) in [5.74, 6) is 1.30. The normalized spacial score (nSPS) is 11.3. The van der Waals surface area contributed by atoms with Crippen LogP contribution in [-0.2, 0) is 21.9 Å². The number of rotatable bonds is 7. The summed E-state index contributed by atoms with van der Waals surface area (Å²) in [4.78, 5) is 4.56. The minimum absolute atomic E-state index is 0.409. The number of aryl methyl sites for hydroxylation is 1. The van der Waals surface area contributed by atoms with E-state index in [9.17, 15) is 0 Å². The molecule has 104 valence electrons. The number of fused-ring (bicyclic) bond motifs is 1. The molecule has 0 bridgehead atoms. The fourth-order valence-corrected chi connectivity index (χ4v) is 2.36. The average Bonchev–Trinajstić information content (AvgIpc) is 2.78. The number of para-hydroxylation sites is 1. The van der Waals surface area contributed by atoms with Gasteiger partial charge in [0.15, 0.2) is 0 Å². The van der Waals surface area contributed by atoms with Crippen LogP contribution < -0.4 is 0 Å². The van der Waals surface area contributed by atoms with Crippen LogP contribution in [0, 0.1) is 6.92 Å². The van der Waals surface area contributed by atoms with Crippen LogP contribution in [0.3, 0.4) is 0 Å². The molecule has 0 atom stereocenters. The molecule has 2 rings (SSSR count). The second kappa shape index (κ2) is 6.89. The van der Waals surface area contributed by atoms with Gasteiger partial charge < -0.3 is 14.0 Å². The van der Waals surface area contributed by atoms with Crippen LogP contribution >= 0.6 is 11.6 Å². The van der Waals surface area contributed by atoms with Crippen molar-refractivity contribution in [3.8, 4) is 0 Å². The van der Waals surface area contributed by atoms with Crippen molar-refractivity contribution in [2.75, 3.05) is 26.9 Å². The fourth-order valence-electron chi connectivity index (χ4n) is 2.16. The molecule has 2 aromatic rings. The van der Waals surface area contributed by atoms with E-state index in [2.05, 4.69) is 22.5 Å². The molecule has 0 amide bonds. The van der Waals surface area contributed by atoms with Crippen molar-refractivity contribution in [3.05, 3.63) is 29.6 Å². The summed E-state index contributed by atoms with van der Waals surface area (Å²) >= 11 is 5.97. The first-order chi connectivity index (χ1) is 9.27. The van der Waals surface area contributed by atoms with E-state index in [1.165, 1.54) is 5.56 Å². The SMILES string of the molecule is COCCOCCn1c(CCl)nc2cccc(C)c21. The summed E-state index contributed by atoms with van der Waals surface area (Å²) in [5.41, 5.74) is 3.35. The molecule has 0 spiro atoms. The standard InChI is InChI=1S/C14H19ClN2O2/c1-11-4-3-5-12-14(11)17(13(10-15)16-12)6-7-19-9-8-18-2/h3-5H,6-10H2,1-2H3. The predicted octanol–water partition coefficient (Wildman–Crippen LogP) is 2.75. The minimum Gasteiger partial charge on any atom is -0.382 e. The first-order valence-electron chi connectivity index (χ1n) is 6.35. The highest BCUT2D eigenvalue weighted by Gasteiger charge is 2.11. The van der Waals surface area contributed by atoms with Gasteiger partial charge in [0, 0.05) is 13.7 Å². The molecule has 0 aliphatic heterocycles. The monoisotopic (exact) mass is 282 g/mol. The summed E-state index contributed by atoms with van der Waals surface area (Å²) in [6.45, 7) is 4.70. The Morgan fingerprint density at radius 3 is 2.84 bits per heavy atom. The van der Waals surface area contributed by atoms with Crippen molar-refractivity contribution < 1.29 is 9.47 Å². The molecule has 5 heteroatoms. The lowest BCUT2D eigenvalue weighted by Gasteiger charge is -2.09. The van der Waals surface area contributed by atoms with Crippen molar-refractivity contribution in [2.45, 2.75) is 19.3 Å². The largest absolute Gasteiger partial charge is 0.382 e. The van der Waals surface area contributed by atoms with E-state index < -0.39 is 0 Å². The van der Waals surface area contributed by atoms with E-state index in [4.69, 9.17) is 21.1 Å². The molecule has 0 aliphatic carbocycles. The van der Waals surface area contributed by atoms with Crippen molar-refractivity contribution in [2.24, 2.45) is 0 Å². The van der Waals surface area contributed by atoms with Gasteiger partial charge in [-0.1, -0.05) is 12.1 Å². The fraction of sp³-hybridized carbons (Fsp3) is 0.500. The van der Waals surface area contributed by atoms with E-state index in [0.29, 0.717) is 25.7 Å². The molecule has 1 aromatic carbocycles. The first-order valence-corrected chi connectivity index (χ1v) is 6.88. The summed E-state index contributed by atoms with van der Waals surface area (Å²) < 4.78 is 12.6. The predicted molar refractivity (Wildman–Crippen MR) is 76.7 cm³/mol. The molecule has 0 N–H and O–H groups in total. The first kappa shape index (κ1) is 14.3. The van der Waals surface area contributed by atoms with Crippen molar-refractivity contribution in [1.82, 2.24) is 9.55 Å². The Bertz CT molecular complexity index is 539. The topological polar surface area (TPSA) is 36.3 Å². The molecule has 0 saturated heterocycles. The lowest BCUT2D eigenvalue weighted by atomic mass is 10.2. The highest BCUT2D eigenvalue weighted by atomic mass is 35.5. The van der Waals surface area contributed by atoms with Crippen LogP contribution in [0.15, 0.2) is 18.2 Å². The third-order valence-electron chi connectivity index (χ3n) is 3.06. The summed E-state index contributed by atoms with van der Waals surface area (Å²) in [6, 6.07) is 6.12. The number of benzene rings is 1. The Labute approximate surface area is 118 Å². The lowest BCUT2D eigenvalue weighted by Crippen LogP contribution is -2.11. The molecule has 0 saturated carbocycles. The highest BCUT2D eigenvalue weighted by Crippen LogP contribution is 2.21. The van der Waals surface area contributed by atoms with E-state index in [-0.39, 0.29) is 0 Å². The number of hydrogen-bond acceptors (Lipinski definition) is 3. The van der Waals surface area contributed by atoms with E-state index in [0.717, 1.165) is 23.4 Å². The maximum Gasteiger partial charge on any atom is 0.124 e. The zero-order valence-corrected chi connectivity index (χ0v) is 12.1. The number of methoxy groups -OCH3 is 1. The van der Waals surface area contributed by atoms with Gasteiger partial charge in [0.2, 0.25) is 0 Å². The van der Waals surface area contributed by atoms with Crippen LogP contribution in [-0.4, -0.2) is 36.5 Å². The van der Waals surface area contributed by atoms with Crippen LogP contribution in [0.4, 0.5) is 0 Å². The molecular formula is C14H19ClN2O2. The van der Waals surface area contributed by atoms with Crippen LogP contribution in [0.5, 0.6) is 0 Å². The third kappa shape index (κ3) is 3.26. The van der Waals surface area contributed by atoms with Gasteiger partial charge >= 0.3 is 0 Å². The van der Waals surface area contributed by atoms with Gasteiger partial charge in [0.1, 0.15) is 5.82 Å². The maximum atomic E-state index is 5.97. The van der Waals surface area contributed by atoms with Gasteiger partial charge in [-0.3, -0.25) is 0 Å². The van der Waals surface area contributed by atoms with Crippen molar-refractivity contribution in [3.63, 3.8) is 0 Å². The quantitative estimate of drug-likeness (QED) is 0.579. The second-order valence-electron chi connectivity index (χ2n) is 4.36. The number of imidazole rings is 1. The molecular weight excluding hydrogens is 264 g/mol. The number of nitrogens with zero attached hydrogens (tertiary/aromatic N) is 2. The zero-order valence-electron chi connectivity index (χ0n) is 11.4. The molecule has 0 radical (unpaired) electrons.